The van der Waals surface area contributed by atoms with Gasteiger partial charge < -0.3 is 15.0 Å². The Bertz CT molecular complexity index is 1460. The zero-order valence-electron chi connectivity index (χ0n) is 22.5. The zero-order chi connectivity index (χ0) is 26.6. The van der Waals surface area contributed by atoms with Crippen LogP contribution in [0.15, 0.2) is 66.7 Å². The highest BCUT2D eigenvalue weighted by molar-refractivity contribution is 6.05. The summed E-state index contributed by atoms with van der Waals surface area (Å²) in [6.07, 6.45) is 4.83. The third-order valence-electron chi connectivity index (χ3n) is 7.73. The highest BCUT2D eigenvalue weighted by Crippen LogP contribution is 2.31. The third-order valence-corrected chi connectivity index (χ3v) is 7.73. The van der Waals surface area contributed by atoms with Crippen LogP contribution in [0.1, 0.15) is 41.6 Å². The Kier molecular flexibility index (Phi) is 7.41. The number of aromatic nitrogens is 2. The molecule has 3 heterocycles. The Labute approximate surface area is 229 Å². The minimum Gasteiger partial charge on any atom is -0.474 e. The van der Waals surface area contributed by atoms with Gasteiger partial charge in [-0.25, -0.2) is 9.97 Å². The van der Waals surface area contributed by atoms with Gasteiger partial charge in [0, 0.05) is 30.9 Å². The highest BCUT2D eigenvalue weighted by Gasteiger charge is 2.21. The number of anilines is 2. The fourth-order valence-corrected chi connectivity index (χ4v) is 5.52. The van der Waals surface area contributed by atoms with Gasteiger partial charge in [-0.3, -0.25) is 9.69 Å². The smallest absolute Gasteiger partial charge is 0.258 e. The molecule has 2 aliphatic rings. The number of hydrogen-bond donors (Lipinski definition) is 1. The van der Waals surface area contributed by atoms with E-state index in [0.717, 1.165) is 68.0 Å². The minimum atomic E-state index is -0.153. The predicted octanol–water partition coefficient (Wildman–Crippen LogP) is 5.93. The SMILES string of the molecule is Cc1ccccc1-c1ccc(C(=O)Nc2ccc3nc(OCCN4CCCC4)c(N4CCCC4)nc3c2)cc1. The first kappa shape index (κ1) is 25.3. The molecule has 0 aliphatic carbocycles. The largest absolute Gasteiger partial charge is 0.474 e. The minimum absolute atomic E-state index is 0.153. The van der Waals surface area contributed by atoms with Crippen LogP contribution in [0.5, 0.6) is 5.88 Å². The summed E-state index contributed by atoms with van der Waals surface area (Å²) in [5.41, 5.74) is 6.29. The monoisotopic (exact) mass is 521 g/mol. The van der Waals surface area contributed by atoms with Gasteiger partial charge in [0.1, 0.15) is 6.61 Å². The van der Waals surface area contributed by atoms with Gasteiger partial charge in [0.05, 0.1) is 11.0 Å². The molecule has 1 N–H and O–H groups in total. The van der Waals surface area contributed by atoms with Crippen molar-refractivity contribution in [1.82, 2.24) is 14.9 Å². The van der Waals surface area contributed by atoms with Crippen molar-refractivity contribution in [1.29, 1.82) is 0 Å². The molecule has 2 saturated heterocycles. The van der Waals surface area contributed by atoms with E-state index < -0.39 is 0 Å². The van der Waals surface area contributed by atoms with Crippen molar-refractivity contribution in [2.24, 2.45) is 0 Å². The number of hydrogen-bond acceptors (Lipinski definition) is 6. The summed E-state index contributed by atoms with van der Waals surface area (Å²) >= 11 is 0. The first-order chi connectivity index (χ1) is 19.1. The van der Waals surface area contributed by atoms with Crippen LogP contribution in [-0.2, 0) is 0 Å². The molecule has 7 nitrogen and oxygen atoms in total. The maximum absolute atomic E-state index is 13.0. The molecule has 0 bridgehead atoms. The van der Waals surface area contributed by atoms with Crippen molar-refractivity contribution in [3.63, 3.8) is 0 Å². The van der Waals surface area contributed by atoms with Gasteiger partial charge in [0.15, 0.2) is 5.82 Å². The fraction of sp³-hybridized carbons (Fsp3) is 0.344. The predicted molar refractivity (Wildman–Crippen MR) is 157 cm³/mol. The lowest BCUT2D eigenvalue weighted by Crippen LogP contribution is -2.26. The normalized spacial score (nSPS) is 15.7. The van der Waals surface area contributed by atoms with Crippen LogP contribution in [0.2, 0.25) is 0 Å². The van der Waals surface area contributed by atoms with Crippen LogP contribution in [0.4, 0.5) is 11.5 Å². The van der Waals surface area contributed by atoms with Crippen molar-refractivity contribution in [2.45, 2.75) is 32.6 Å². The van der Waals surface area contributed by atoms with Crippen LogP contribution in [-0.4, -0.2) is 60.1 Å². The molecule has 0 unspecified atom stereocenters. The maximum atomic E-state index is 13.0. The molecule has 6 rings (SSSR count). The maximum Gasteiger partial charge on any atom is 0.258 e. The molecule has 1 amide bonds. The standard InChI is InChI=1S/C32H35N5O2/c1-23-8-2-3-9-27(23)24-10-12-25(13-11-24)31(38)33-26-14-15-28-29(22-26)34-30(37-18-6-7-19-37)32(35-28)39-21-20-36-16-4-5-17-36/h2-3,8-15,22H,4-7,16-21H2,1H3,(H,33,38). The van der Waals surface area contributed by atoms with E-state index in [1.165, 1.54) is 24.0 Å². The lowest BCUT2D eigenvalue weighted by molar-refractivity contribution is 0.102. The number of amides is 1. The molecule has 3 aromatic carbocycles. The second-order valence-electron chi connectivity index (χ2n) is 10.5. The number of carbonyl (C=O) groups excluding carboxylic acids is 1. The van der Waals surface area contributed by atoms with Crippen molar-refractivity contribution >= 4 is 28.4 Å². The summed E-state index contributed by atoms with van der Waals surface area (Å²) < 4.78 is 6.19. The number of rotatable bonds is 8. The molecule has 2 fully saturated rings. The third kappa shape index (κ3) is 5.73. The molecule has 0 radical (unpaired) electrons. The molecular weight excluding hydrogens is 486 g/mol. The van der Waals surface area contributed by atoms with Crippen LogP contribution >= 0.6 is 0 Å². The number of nitrogens with zero attached hydrogens (tertiary/aromatic N) is 4. The molecule has 0 saturated carbocycles. The molecule has 7 heteroatoms. The van der Waals surface area contributed by atoms with Crippen LogP contribution in [0, 0.1) is 6.92 Å². The van der Waals surface area contributed by atoms with E-state index in [9.17, 15) is 4.79 Å². The van der Waals surface area contributed by atoms with E-state index in [2.05, 4.69) is 34.2 Å². The molecule has 0 spiro atoms. The molecule has 4 aromatic rings. The average molecular weight is 522 g/mol. The molecule has 2 aliphatic heterocycles. The number of fused-ring (bicyclic) bond motifs is 1. The topological polar surface area (TPSA) is 70.6 Å². The van der Waals surface area contributed by atoms with E-state index in [4.69, 9.17) is 14.7 Å². The number of benzene rings is 3. The summed E-state index contributed by atoms with van der Waals surface area (Å²) in [7, 11) is 0. The number of aryl methyl sites for hydroxylation is 1. The van der Waals surface area contributed by atoms with E-state index in [0.29, 0.717) is 23.7 Å². The van der Waals surface area contributed by atoms with Gasteiger partial charge in [-0.05, 0) is 92.7 Å². The summed E-state index contributed by atoms with van der Waals surface area (Å²) in [6.45, 7) is 7.83. The van der Waals surface area contributed by atoms with Gasteiger partial charge in [-0.15, -0.1) is 0 Å². The van der Waals surface area contributed by atoms with Gasteiger partial charge in [-0.2, -0.15) is 0 Å². The quantitative estimate of drug-likeness (QED) is 0.310. The van der Waals surface area contributed by atoms with Gasteiger partial charge in [0.2, 0.25) is 0 Å². The van der Waals surface area contributed by atoms with E-state index in [-0.39, 0.29) is 5.91 Å². The lowest BCUT2D eigenvalue weighted by Gasteiger charge is -2.21. The van der Waals surface area contributed by atoms with Crippen molar-refractivity contribution < 1.29 is 9.53 Å². The Morgan fingerprint density at radius 1 is 0.872 bits per heavy atom. The molecule has 1 aromatic heterocycles. The molecule has 39 heavy (non-hydrogen) atoms. The Morgan fingerprint density at radius 3 is 2.38 bits per heavy atom. The Balaban J connectivity index is 1.19. The van der Waals surface area contributed by atoms with Gasteiger partial charge >= 0.3 is 0 Å². The summed E-state index contributed by atoms with van der Waals surface area (Å²) in [4.78, 5) is 27.6. The van der Waals surface area contributed by atoms with Gasteiger partial charge in [-0.1, -0.05) is 36.4 Å². The number of carbonyl (C=O) groups is 1. The molecule has 200 valence electrons. The first-order valence-electron chi connectivity index (χ1n) is 14.0. The fourth-order valence-electron chi connectivity index (χ4n) is 5.52. The summed E-state index contributed by atoms with van der Waals surface area (Å²) in [6, 6.07) is 21.7. The second kappa shape index (κ2) is 11.4. The number of nitrogens with one attached hydrogen (secondary N) is 1. The van der Waals surface area contributed by atoms with Crippen LogP contribution < -0.4 is 15.0 Å². The lowest BCUT2D eigenvalue weighted by atomic mass is 9.99. The molecular formula is C32H35N5O2. The van der Waals surface area contributed by atoms with Crippen LogP contribution in [0.3, 0.4) is 0 Å². The zero-order valence-corrected chi connectivity index (χ0v) is 22.5. The number of likely N-dealkylation sites (tertiary alicyclic amines) is 1. The van der Waals surface area contributed by atoms with Crippen molar-refractivity contribution in [2.75, 3.05) is 49.5 Å². The molecule has 0 atom stereocenters. The van der Waals surface area contributed by atoms with Crippen molar-refractivity contribution in [3.8, 4) is 17.0 Å². The van der Waals surface area contributed by atoms with Crippen LogP contribution in [0.25, 0.3) is 22.2 Å². The van der Waals surface area contributed by atoms with E-state index >= 15 is 0 Å². The average Bonchev–Trinajstić information content (AvgIpc) is 3.68. The second-order valence-corrected chi connectivity index (χ2v) is 10.5. The first-order valence-corrected chi connectivity index (χ1v) is 14.0. The Morgan fingerprint density at radius 2 is 1.62 bits per heavy atom. The van der Waals surface area contributed by atoms with E-state index in [1.807, 2.05) is 54.6 Å². The summed E-state index contributed by atoms with van der Waals surface area (Å²) in [5.74, 6) is 1.26. The highest BCUT2D eigenvalue weighted by atomic mass is 16.5. The van der Waals surface area contributed by atoms with Gasteiger partial charge in [0.25, 0.3) is 11.8 Å². The van der Waals surface area contributed by atoms with E-state index in [1.54, 1.807) is 0 Å². The number of ether oxygens (including phenoxy) is 1. The summed E-state index contributed by atoms with van der Waals surface area (Å²) in [5, 5.41) is 3.03. The Hall–Kier alpha value is -3.97. The van der Waals surface area contributed by atoms with Crippen molar-refractivity contribution in [3.05, 3.63) is 77.9 Å².